The Balaban J connectivity index is 3.66. The molecule has 0 aromatic carbocycles. The summed E-state index contributed by atoms with van der Waals surface area (Å²) in [5, 5.41) is 0. The number of rotatable bonds is 15. The van der Waals surface area contributed by atoms with Gasteiger partial charge in [-0.1, -0.05) is 0 Å². The summed E-state index contributed by atoms with van der Waals surface area (Å²) in [6.45, 7) is 6.98. The van der Waals surface area contributed by atoms with Gasteiger partial charge in [-0.3, -0.25) is 0 Å². The van der Waals surface area contributed by atoms with Crippen LogP contribution in [-0.2, 0) is 17.3 Å². The van der Waals surface area contributed by atoms with Crippen LogP contribution in [0.3, 0.4) is 0 Å². The molecule has 1 heteroatoms. The molecule has 0 amide bonds. The Bertz CT molecular complexity index is 127. The van der Waals surface area contributed by atoms with Crippen molar-refractivity contribution in [2.75, 3.05) is 0 Å². The summed E-state index contributed by atoms with van der Waals surface area (Å²) in [5.74, 6) is 0. The third kappa shape index (κ3) is 14.9. The zero-order chi connectivity index (χ0) is 14.2. The normalized spacial score (nSPS) is 11.8. The maximum absolute atomic E-state index is 2.33. The molecule has 0 aliphatic rings. The average molecular weight is 451 g/mol. The van der Waals surface area contributed by atoms with Crippen LogP contribution in [0, 0.1) is 0 Å². The van der Waals surface area contributed by atoms with Gasteiger partial charge in [-0.2, -0.15) is 0 Å². The minimum absolute atomic E-state index is 0.550. The molecule has 0 aromatic heterocycles. The Labute approximate surface area is 129 Å². The monoisotopic (exact) mass is 450 g/mol. The fourth-order valence-electron chi connectivity index (χ4n) is 2.23. The molecule has 0 atom stereocenters. The van der Waals surface area contributed by atoms with Crippen LogP contribution in [0.2, 0.25) is 14.4 Å². The molecular formula is C18H39Pt. The van der Waals surface area contributed by atoms with E-state index in [0.717, 1.165) is 0 Å². The first-order valence-corrected chi connectivity index (χ1v) is 13.6. The molecule has 0 radical (unpaired) electrons. The fourth-order valence-corrected chi connectivity index (χ4v) is 9.05. The van der Waals surface area contributed by atoms with Gasteiger partial charge < -0.3 is 0 Å². The summed E-state index contributed by atoms with van der Waals surface area (Å²) in [4.78, 5) is 5.01. The average Bonchev–Trinajstić information content (AvgIpc) is 2.43. The van der Waals surface area contributed by atoms with E-state index < -0.39 is 17.3 Å². The van der Waals surface area contributed by atoms with Crippen molar-refractivity contribution in [3.63, 3.8) is 0 Å². The Kier molecular flexibility index (Phi) is 17.3. The molecule has 0 unspecified atom stereocenters. The molecule has 121 valence electrons. The summed E-state index contributed by atoms with van der Waals surface area (Å²) in [6.07, 6.45) is 17.8. The van der Waals surface area contributed by atoms with Gasteiger partial charge in [0.1, 0.15) is 0 Å². The summed E-state index contributed by atoms with van der Waals surface area (Å²) in [7, 11) is 0. The summed E-state index contributed by atoms with van der Waals surface area (Å²) < 4.78 is 0. The van der Waals surface area contributed by atoms with Gasteiger partial charge in [0.2, 0.25) is 0 Å². The van der Waals surface area contributed by atoms with Crippen LogP contribution in [0.4, 0.5) is 0 Å². The third-order valence-corrected chi connectivity index (χ3v) is 10.8. The molecule has 0 aromatic rings. The number of hydrogen-bond donors (Lipinski definition) is 0. The van der Waals surface area contributed by atoms with Crippen molar-refractivity contribution in [2.45, 2.75) is 112 Å². The van der Waals surface area contributed by atoms with Gasteiger partial charge in [0.25, 0.3) is 0 Å². The van der Waals surface area contributed by atoms with Crippen molar-refractivity contribution in [2.24, 2.45) is 0 Å². The second-order valence-corrected chi connectivity index (χ2v) is 12.4. The van der Waals surface area contributed by atoms with Crippen molar-refractivity contribution in [3.05, 3.63) is 0 Å². The van der Waals surface area contributed by atoms with Crippen LogP contribution in [-0.4, -0.2) is 0 Å². The maximum atomic E-state index is 2.33. The van der Waals surface area contributed by atoms with Gasteiger partial charge in [0.05, 0.1) is 0 Å². The number of unbranched alkanes of at least 4 members (excludes halogenated alkanes) is 9. The van der Waals surface area contributed by atoms with Crippen LogP contribution in [0.1, 0.15) is 97.8 Å². The summed E-state index contributed by atoms with van der Waals surface area (Å²) in [6, 6.07) is 0. The molecule has 0 saturated heterocycles. The van der Waals surface area contributed by atoms with E-state index in [-0.39, 0.29) is 0 Å². The van der Waals surface area contributed by atoms with E-state index in [1.54, 1.807) is 33.7 Å². The van der Waals surface area contributed by atoms with E-state index >= 15 is 0 Å². The van der Waals surface area contributed by atoms with Crippen molar-refractivity contribution in [1.29, 1.82) is 0 Å². The Morgan fingerprint density at radius 2 is 0.737 bits per heavy atom. The SMILES string of the molecule is CCCCC[CH2][Pt]([CH2]CCCCC)[CH2]CCCCC. The van der Waals surface area contributed by atoms with Crippen LogP contribution in [0.25, 0.3) is 0 Å². The Morgan fingerprint density at radius 3 is 1.00 bits per heavy atom. The molecule has 0 rings (SSSR count). The predicted molar refractivity (Wildman–Crippen MR) is 86.8 cm³/mol. The molecule has 0 fully saturated rings. The minimum atomic E-state index is -0.550. The quantitative estimate of drug-likeness (QED) is 0.225. The zero-order valence-corrected chi connectivity index (χ0v) is 16.2. The van der Waals surface area contributed by atoms with Gasteiger partial charge in [-0.05, 0) is 0 Å². The molecule has 0 heterocycles. The molecule has 0 saturated carbocycles. The van der Waals surface area contributed by atoms with Crippen LogP contribution in [0.15, 0.2) is 0 Å². The first-order chi connectivity index (χ1) is 9.35. The van der Waals surface area contributed by atoms with Gasteiger partial charge in [-0.15, -0.1) is 0 Å². The van der Waals surface area contributed by atoms with E-state index in [9.17, 15) is 0 Å². The summed E-state index contributed by atoms with van der Waals surface area (Å²) in [5.41, 5.74) is 0. The van der Waals surface area contributed by atoms with E-state index in [1.807, 2.05) is 0 Å². The Morgan fingerprint density at radius 1 is 0.421 bits per heavy atom. The van der Waals surface area contributed by atoms with Crippen molar-refractivity contribution in [1.82, 2.24) is 0 Å². The van der Waals surface area contributed by atoms with Crippen molar-refractivity contribution < 1.29 is 17.3 Å². The second kappa shape index (κ2) is 16.7. The van der Waals surface area contributed by atoms with Gasteiger partial charge >= 0.3 is 130 Å². The van der Waals surface area contributed by atoms with E-state index in [4.69, 9.17) is 0 Å². The van der Waals surface area contributed by atoms with Crippen molar-refractivity contribution in [3.8, 4) is 0 Å². The first kappa shape index (κ1) is 19.7. The van der Waals surface area contributed by atoms with Crippen LogP contribution >= 0.6 is 0 Å². The zero-order valence-electron chi connectivity index (χ0n) is 13.9. The molecule has 0 aliphatic carbocycles. The van der Waals surface area contributed by atoms with E-state index in [1.165, 1.54) is 57.8 Å². The molecular weight excluding hydrogens is 411 g/mol. The van der Waals surface area contributed by atoms with Crippen LogP contribution < -0.4 is 0 Å². The molecule has 0 N–H and O–H groups in total. The van der Waals surface area contributed by atoms with Gasteiger partial charge in [-0.25, -0.2) is 0 Å². The standard InChI is InChI=1S/3C6H13.Pt/c3*1-3-5-6-4-2;/h3*1,3-6H2,2H3;. The first-order valence-electron chi connectivity index (χ1n) is 8.79. The van der Waals surface area contributed by atoms with Crippen LogP contribution in [0.5, 0.6) is 0 Å². The van der Waals surface area contributed by atoms with Gasteiger partial charge in [0.15, 0.2) is 0 Å². The van der Waals surface area contributed by atoms with Crippen molar-refractivity contribution >= 4 is 0 Å². The number of hydrogen-bond acceptors (Lipinski definition) is 0. The fraction of sp³-hybridized carbons (Fsp3) is 1.00. The third-order valence-electron chi connectivity index (χ3n) is 3.57. The Hall–Kier alpha value is 0.688. The molecule has 0 aliphatic heterocycles. The molecule has 0 bridgehead atoms. The predicted octanol–water partition coefficient (Wildman–Crippen LogP) is 7.60. The van der Waals surface area contributed by atoms with E-state index in [2.05, 4.69) is 20.8 Å². The molecule has 0 nitrogen and oxygen atoms in total. The molecule has 0 spiro atoms. The topological polar surface area (TPSA) is 0 Å². The van der Waals surface area contributed by atoms with E-state index in [0.29, 0.717) is 0 Å². The summed E-state index contributed by atoms with van der Waals surface area (Å²) >= 11 is -0.550. The molecule has 19 heavy (non-hydrogen) atoms. The second-order valence-electron chi connectivity index (χ2n) is 5.63. The van der Waals surface area contributed by atoms with Gasteiger partial charge in [0, 0.05) is 0 Å².